The van der Waals surface area contributed by atoms with Crippen LogP contribution in [-0.2, 0) is 4.79 Å². The topological polar surface area (TPSA) is 113 Å². The van der Waals surface area contributed by atoms with Crippen molar-refractivity contribution in [3.63, 3.8) is 0 Å². The molecule has 33 heavy (non-hydrogen) atoms. The van der Waals surface area contributed by atoms with E-state index < -0.39 is 11.0 Å². The average Bonchev–Trinajstić information content (AvgIpc) is 3.42. The van der Waals surface area contributed by atoms with Gasteiger partial charge in [-0.1, -0.05) is 42.5 Å². The van der Waals surface area contributed by atoms with Crippen LogP contribution >= 0.6 is 11.3 Å². The molecule has 0 radical (unpaired) electrons. The fourth-order valence-electron chi connectivity index (χ4n) is 3.46. The first-order chi connectivity index (χ1) is 16.0. The molecule has 5 rings (SSSR count). The molecule has 0 unspecified atom stereocenters. The zero-order valence-corrected chi connectivity index (χ0v) is 18.1. The SMILES string of the molecule is CC1=NN(c2nc(-c3cccc([N+](=O)[O-])c3)cs2)C(=O)[C@H]1N=Nc1ccc2ccccc2c1. The number of carbonyl (C=O) groups excluding carboxylic acids is 1. The molecule has 0 bridgehead atoms. The maximum atomic E-state index is 13.0. The monoisotopic (exact) mass is 456 g/mol. The first-order valence-electron chi connectivity index (χ1n) is 9.99. The highest BCUT2D eigenvalue weighted by atomic mass is 32.1. The molecule has 2 heterocycles. The number of nitro groups is 1. The van der Waals surface area contributed by atoms with E-state index in [9.17, 15) is 14.9 Å². The quantitative estimate of drug-likeness (QED) is 0.216. The lowest BCUT2D eigenvalue weighted by Gasteiger charge is -2.08. The third-order valence-corrected chi connectivity index (χ3v) is 5.96. The summed E-state index contributed by atoms with van der Waals surface area (Å²) in [5.74, 6) is -0.350. The summed E-state index contributed by atoms with van der Waals surface area (Å²) in [7, 11) is 0. The number of thiazole rings is 1. The van der Waals surface area contributed by atoms with Crippen LogP contribution in [0.15, 0.2) is 87.4 Å². The van der Waals surface area contributed by atoms with Crippen molar-refractivity contribution in [2.24, 2.45) is 15.3 Å². The van der Waals surface area contributed by atoms with Gasteiger partial charge in [0.2, 0.25) is 5.13 Å². The Morgan fingerprint density at radius 3 is 2.70 bits per heavy atom. The molecular formula is C23H16N6O3S. The van der Waals surface area contributed by atoms with Crippen LogP contribution in [0.25, 0.3) is 22.0 Å². The van der Waals surface area contributed by atoms with Crippen molar-refractivity contribution >= 4 is 50.2 Å². The zero-order valence-electron chi connectivity index (χ0n) is 17.3. The smallest absolute Gasteiger partial charge is 0.269 e. The lowest BCUT2D eigenvalue weighted by atomic mass is 10.1. The number of benzene rings is 3. The molecule has 0 spiro atoms. The number of non-ortho nitro benzene ring substituents is 1. The van der Waals surface area contributed by atoms with Gasteiger partial charge in [-0.05, 0) is 29.8 Å². The Labute approximate surface area is 191 Å². The van der Waals surface area contributed by atoms with Crippen LogP contribution in [0.4, 0.5) is 16.5 Å². The van der Waals surface area contributed by atoms with Crippen LogP contribution in [0.2, 0.25) is 0 Å². The Kier molecular flexibility index (Phi) is 5.19. The number of amides is 1. The molecule has 3 aromatic carbocycles. The Morgan fingerprint density at radius 1 is 1.06 bits per heavy atom. The zero-order chi connectivity index (χ0) is 22.9. The molecule has 0 saturated carbocycles. The summed E-state index contributed by atoms with van der Waals surface area (Å²) in [4.78, 5) is 28.0. The number of nitrogens with zero attached hydrogens (tertiary/aromatic N) is 6. The number of hydrogen-bond donors (Lipinski definition) is 0. The Morgan fingerprint density at radius 2 is 1.88 bits per heavy atom. The molecule has 9 nitrogen and oxygen atoms in total. The number of hydrazone groups is 1. The van der Waals surface area contributed by atoms with E-state index in [1.165, 1.54) is 28.5 Å². The normalized spacial score (nSPS) is 16.0. The summed E-state index contributed by atoms with van der Waals surface area (Å²) < 4.78 is 0. The van der Waals surface area contributed by atoms with E-state index in [0.29, 0.717) is 27.8 Å². The van der Waals surface area contributed by atoms with Crippen LogP contribution in [-0.4, -0.2) is 27.6 Å². The summed E-state index contributed by atoms with van der Waals surface area (Å²) in [5, 5.41) is 29.3. The second-order valence-electron chi connectivity index (χ2n) is 7.36. The minimum atomic E-state index is -0.832. The predicted octanol–water partition coefficient (Wildman–Crippen LogP) is 5.75. The van der Waals surface area contributed by atoms with Crippen molar-refractivity contribution < 1.29 is 9.72 Å². The van der Waals surface area contributed by atoms with E-state index in [4.69, 9.17) is 0 Å². The van der Waals surface area contributed by atoms with E-state index in [0.717, 1.165) is 10.8 Å². The van der Waals surface area contributed by atoms with Gasteiger partial charge in [0.1, 0.15) is 0 Å². The molecule has 0 fully saturated rings. The predicted molar refractivity (Wildman–Crippen MR) is 127 cm³/mol. The Hall–Kier alpha value is -4.31. The molecule has 1 aromatic heterocycles. The highest BCUT2D eigenvalue weighted by Crippen LogP contribution is 2.32. The number of azo groups is 1. The highest BCUT2D eigenvalue weighted by Gasteiger charge is 2.36. The minimum absolute atomic E-state index is 0.0256. The van der Waals surface area contributed by atoms with Crippen LogP contribution in [0, 0.1) is 10.1 Å². The van der Waals surface area contributed by atoms with Gasteiger partial charge in [0.05, 0.1) is 22.0 Å². The fraction of sp³-hybridized carbons (Fsp3) is 0.0870. The number of nitro benzene ring substituents is 1. The molecule has 0 aliphatic carbocycles. The minimum Gasteiger partial charge on any atom is -0.269 e. The van der Waals surface area contributed by atoms with Gasteiger partial charge >= 0.3 is 0 Å². The second-order valence-corrected chi connectivity index (χ2v) is 8.20. The van der Waals surface area contributed by atoms with Gasteiger partial charge in [-0.2, -0.15) is 20.3 Å². The lowest BCUT2D eigenvalue weighted by molar-refractivity contribution is -0.384. The van der Waals surface area contributed by atoms with Crippen LogP contribution in [0.5, 0.6) is 0 Å². The van der Waals surface area contributed by atoms with Gasteiger partial charge in [0.15, 0.2) is 6.04 Å². The maximum Gasteiger partial charge on any atom is 0.282 e. The molecule has 1 aliphatic rings. The van der Waals surface area contributed by atoms with E-state index in [2.05, 4.69) is 20.3 Å². The van der Waals surface area contributed by atoms with E-state index in [1.807, 2.05) is 42.5 Å². The van der Waals surface area contributed by atoms with Crippen molar-refractivity contribution in [1.29, 1.82) is 0 Å². The molecule has 1 amide bonds. The fourth-order valence-corrected chi connectivity index (χ4v) is 4.25. The van der Waals surface area contributed by atoms with Gasteiger partial charge < -0.3 is 0 Å². The summed E-state index contributed by atoms with van der Waals surface area (Å²) in [5.41, 5.74) is 2.25. The first kappa shape index (κ1) is 20.6. The van der Waals surface area contributed by atoms with E-state index in [-0.39, 0.29) is 11.6 Å². The van der Waals surface area contributed by atoms with Crippen LogP contribution < -0.4 is 5.01 Å². The summed E-state index contributed by atoms with van der Waals surface area (Å²) in [6, 6.07) is 19.0. The van der Waals surface area contributed by atoms with E-state index >= 15 is 0 Å². The second kappa shape index (κ2) is 8.32. The van der Waals surface area contributed by atoms with Crippen LogP contribution in [0.3, 0.4) is 0 Å². The lowest BCUT2D eigenvalue weighted by Crippen LogP contribution is -2.29. The maximum absolute atomic E-state index is 13.0. The number of anilines is 1. The van der Waals surface area contributed by atoms with Gasteiger partial charge in [0, 0.05) is 23.1 Å². The number of rotatable bonds is 5. The first-order valence-corrected chi connectivity index (χ1v) is 10.9. The Balaban J connectivity index is 1.36. The average molecular weight is 456 g/mol. The van der Waals surface area contributed by atoms with Gasteiger partial charge in [-0.3, -0.25) is 14.9 Å². The van der Waals surface area contributed by atoms with Crippen molar-refractivity contribution in [2.45, 2.75) is 13.0 Å². The van der Waals surface area contributed by atoms with E-state index in [1.54, 1.807) is 24.4 Å². The molecule has 4 aromatic rings. The van der Waals surface area contributed by atoms with Crippen LogP contribution in [0.1, 0.15) is 6.92 Å². The molecular weight excluding hydrogens is 440 g/mol. The molecule has 1 aliphatic heterocycles. The summed E-state index contributed by atoms with van der Waals surface area (Å²) in [6.45, 7) is 1.72. The number of hydrogen-bond acceptors (Lipinski definition) is 8. The summed E-state index contributed by atoms with van der Waals surface area (Å²) >= 11 is 1.22. The standard InChI is InChI=1S/C23H16N6O3S/c1-14-21(26-25-18-10-9-15-5-2-3-6-16(15)11-18)22(30)28(27-14)23-24-20(13-33-23)17-7-4-8-19(12-17)29(31)32/h2-13,21H,1H3/t21-/m0/s1. The molecule has 0 N–H and O–H groups in total. The van der Waals surface area contributed by atoms with Gasteiger partial charge in [-0.15, -0.1) is 11.3 Å². The van der Waals surface area contributed by atoms with Crippen molar-refractivity contribution in [3.8, 4) is 11.3 Å². The van der Waals surface area contributed by atoms with Crippen molar-refractivity contribution in [3.05, 3.63) is 82.2 Å². The molecule has 10 heteroatoms. The third-order valence-electron chi connectivity index (χ3n) is 5.14. The largest absolute Gasteiger partial charge is 0.282 e. The number of fused-ring (bicyclic) bond motifs is 1. The third kappa shape index (κ3) is 3.99. The molecule has 1 atom stereocenters. The van der Waals surface area contributed by atoms with Gasteiger partial charge in [-0.25, -0.2) is 4.98 Å². The van der Waals surface area contributed by atoms with Crippen molar-refractivity contribution in [1.82, 2.24) is 4.98 Å². The molecule has 0 saturated heterocycles. The van der Waals surface area contributed by atoms with Gasteiger partial charge in [0.25, 0.3) is 11.6 Å². The number of carbonyl (C=O) groups is 1. The summed E-state index contributed by atoms with van der Waals surface area (Å²) in [6.07, 6.45) is 0. The highest BCUT2D eigenvalue weighted by molar-refractivity contribution is 7.14. The Bertz CT molecular complexity index is 1460. The van der Waals surface area contributed by atoms with Crippen molar-refractivity contribution in [2.75, 3.05) is 5.01 Å². The molecule has 162 valence electrons. The number of aromatic nitrogens is 1.